The van der Waals surface area contributed by atoms with E-state index in [0.29, 0.717) is 12.0 Å². The molecule has 0 aliphatic carbocycles. The minimum Gasteiger partial charge on any atom is -0.497 e. The normalized spacial score (nSPS) is 26.8. The summed E-state index contributed by atoms with van der Waals surface area (Å²) >= 11 is 6.29. The Hall–Kier alpha value is -1.62. The zero-order valence-electron chi connectivity index (χ0n) is 14.7. The Kier molecular flexibility index (Phi) is 4.67. The largest absolute Gasteiger partial charge is 0.497 e. The molecule has 2 saturated heterocycles. The summed E-state index contributed by atoms with van der Waals surface area (Å²) in [7, 11) is 3.96. The van der Waals surface area contributed by atoms with Gasteiger partial charge < -0.3 is 4.74 Å². The molecular formula is C20H24ClN3O. The topological polar surface area (TPSA) is 28.6 Å². The van der Waals surface area contributed by atoms with Gasteiger partial charge in [-0.2, -0.15) is 0 Å². The molecule has 4 rings (SSSR count). The standard InChI is InChI=1S/C20H24ClN3O/c1-23-10-16-12-24(11-15-7-8-22-9-19(15)21)13-18(16)20(23)14-3-5-17(25-2)6-4-14/h3-9,16,18,20H,10-13H2,1-2H3/t16-,18+,20+/m0/s1. The zero-order chi connectivity index (χ0) is 17.4. The van der Waals surface area contributed by atoms with Gasteiger partial charge in [0.15, 0.2) is 0 Å². The Bertz CT molecular complexity index is 736. The van der Waals surface area contributed by atoms with E-state index >= 15 is 0 Å². The SMILES string of the molecule is COc1ccc([C@@H]2[C@@H]3CN(Cc4ccncc4Cl)C[C@@H]3CN2C)cc1. The average molecular weight is 358 g/mol. The van der Waals surface area contributed by atoms with Gasteiger partial charge in [-0.05, 0) is 48.2 Å². The minimum atomic E-state index is 0.480. The summed E-state index contributed by atoms with van der Waals surface area (Å²) in [6.45, 7) is 4.32. The Labute approximate surface area is 154 Å². The molecule has 2 fully saturated rings. The highest BCUT2D eigenvalue weighted by Crippen LogP contribution is 2.44. The molecule has 3 atom stereocenters. The molecule has 1 aromatic heterocycles. The smallest absolute Gasteiger partial charge is 0.118 e. The summed E-state index contributed by atoms with van der Waals surface area (Å²) in [5, 5.41) is 0.767. The number of benzene rings is 1. The van der Waals surface area contributed by atoms with Crippen LogP contribution in [0, 0.1) is 11.8 Å². The van der Waals surface area contributed by atoms with Crippen molar-refractivity contribution < 1.29 is 4.74 Å². The molecule has 2 aliphatic rings. The maximum atomic E-state index is 6.29. The third kappa shape index (κ3) is 3.26. The Morgan fingerprint density at radius 3 is 2.68 bits per heavy atom. The van der Waals surface area contributed by atoms with Crippen molar-refractivity contribution in [3.63, 3.8) is 0 Å². The van der Waals surface area contributed by atoms with E-state index in [1.165, 1.54) is 11.1 Å². The van der Waals surface area contributed by atoms with Gasteiger partial charge in [0, 0.05) is 44.6 Å². The number of rotatable bonds is 4. The molecule has 0 bridgehead atoms. The number of hydrogen-bond acceptors (Lipinski definition) is 4. The highest BCUT2D eigenvalue weighted by Gasteiger charge is 2.45. The van der Waals surface area contributed by atoms with Gasteiger partial charge in [0.25, 0.3) is 0 Å². The van der Waals surface area contributed by atoms with Crippen molar-refractivity contribution in [2.24, 2.45) is 11.8 Å². The molecule has 0 spiro atoms. The lowest BCUT2D eigenvalue weighted by Crippen LogP contribution is -2.29. The number of nitrogens with zero attached hydrogens (tertiary/aromatic N) is 3. The lowest BCUT2D eigenvalue weighted by Gasteiger charge is -2.27. The van der Waals surface area contributed by atoms with Gasteiger partial charge in [0.1, 0.15) is 5.75 Å². The molecule has 25 heavy (non-hydrogen) atoms. The molecule has 4 nitrogen and oxygen atoms in total. The molecule has 0 N–H and O–H groups in total. The van der Waals surface area contributed by atoms with E-state index in [2.05, 4.69) is 46.1 Å². The van der Waals surface area contributed by atoms with Gasteiger partial charge in [-0.1, -0.05) is 23.7 Å². The molecule has 0 amide bonds. The first-order valence-electron chi connectivity index (χ1n) is 8.80. The number of ether oxygens (including phenoxy) is 1. The van der Waals surface area contributed by atoms with E-state index in [0.717, 1.165) is 42.9 Å². The fraction of sp³-hybridized carbons (Fsp3) is 0.450. The van der Waals surface area contributed by atoms with Crippen molar-refractivity contribution in [3.05, 3.63) is 58.9 Å². The molecule has 0 saturated carbocycles. The molecule has 2 aliphatic heterocycles. The first kappa shape index (κ1) is 16.8. The van der Waals surface area contributed by atoms with Gasteiger partial charge in [0.2, 0.25) is 0 Å². The number of fused-ring (bicyclic) bond motifs is 1. The Morgan fingerprint density at radius 2 is 1.96 bits per heavy atom. The highest BCUT2D eigenvalue weighted by atomic mass is 35.5. The first-order chi connectivity index (χ1) is 12.2. The molecular weight excluding hydrogens is 334 g/mol. The van der Waals surface area contributed by atoms with Gasteiger partial charge in [-0.15, -0.1) is 0 Å². The number of methoxy groups -OCH3 is 1. The summed E-state index contributed by atoms with van der Waals surface area (Å²) < 4.78 is 5.30. The van der Waals surface area contributed by atoms with Crippen molar-refractivity contribution in [1.82, 2.24) is 14.8 Å². The zero-order valence-corrected chi connectivity index (χ0v) is 15.5. The fourth-order valence-corrected chi connectivity index (χ4v) is 4.73. The van der Waals surface area contributed by atoms with Crippen LogP contribution in [0.1, 0.15) is 17.2 Å². The quantitative estimate of drug-likeness (QED) is 0.837. The lowest BCUT2D eigenvalue weighted by atomic mass is 9.89. The van der Waals surface area contributed by atoms with E-state index in [1.807, 2.05) is 12.3 Å². The summed E-state index contributed by atoms with van der Waals surface area (Å²) in [4.78, 5) is 9.13. The fourth-order valence-electron chi connectivity index (χ4n) is 4.55. The van der Waals surface area contributed by atoms with Crippen LogP contribution >= 0.6 is 11.6 Å². The van der Waals surface area contributed by atoms with Crippen molar-refractivity contribution in [2.75, 3.05) is 33.8 Å². The number of likely N-dealkylation sites (tertiary alicyclic amines) is 2. The first-order valence-corrected chi connectivity index (χ1v) is 9.18. The number of pyridine rings is 1. The average Bonchev–Trinajstić information content (AvgIpc) is 3.13. The van der Waals surface area contributed by atoms with Gasteiger partial charge in [0.05, 0.1) is 12.1 Å². The molecule has 1 aromatic carbocycles. The second kappa shape index (κ2) is 6.94. The molecule has 5 heteroatoms. The minimum absolute atomic E-state index is 0.480. The van der Waals surface area contributed by atoms with E-state index in [-0.39, 0.29) is 0 Å². The van der Waals surface area contributed by atoms with E-state index in [4.69, 9.17) is 16.3 Å². The van der Waals surface area contributed by atoms with Crippen molar-refractivity contribution >= 4 is 11.6 Å². The predicted molar refractivity (Wildman–Crippen MR) is 99.9 cm³/mol. The number of halogens is 1. The summed E-state index contributed by atoms with van der Waals surface area (Å²) in [5.41, 5.74) is 2.56. The summed E-state index contributed by atoms with van der Waals surface area (Å²) in [5.74, 6) is 2.30. The monoisotopic (exact) mass is 357 g/mol. The summed E-state index contributed by atoms with van der Waals surface area (Å²) in [6, 6.07) is 11.1. The second-order valence-electron chi connectivity index (χ2n) is 7.24. The van der Waals surface area contributed by atoms with Crippen LogP contribution in [0.25, 0.3) is 0 Å². The maximum absolute atomic E-state index is 6.29. The Morgan fingerprint density at radius 1 is 1.16 bits per heavy atom. The molecule has 0 radical (unpaired) electrons. The third-order valence-electron chi connectivity index (χ3n) is 5.68. The van der Waals surface area contributed by atoms with Crippen LogP contribution in [0.2, 0.25) is 5.02 Å². The van der Waals surface area contributed by atoms with Crippen molar-refractivity contribution in [2.45, 2.75) is 12.6 Å². The third-order valence-corrected chi connectivity index (χ3v) is 6.02. The van der Waals surface area contributed by atoms with Crippen LogP contribution in [0.3, 0.4) is 0 Å². The van der Waals surface area contributed by atoms with Crippen molar-refractivity contribution in [1.29, 1.82) is 0 Å². The van der Waals surface area contributed by atoms with Crippen LogP contribution in [0.4, 0.5) is 0 Å². The van der Waals surface area contributed by atoms with Gasteiger partial charge in [-0.3, -0.25) is 14.8 Å². The highest BCUT2D eigenvalue weighted by molar-refractivity contribution is 6.31. The molecule has 2 aromatic rings. The predicted octanol–water partition coefficient (Wildman–Crippen LogP) is 3.48. The number of aromatic nitrogens is 1. The van der Waals surface area contributed by atoms with Gasteiger partial charge >= 0.3 is 0 Å². The summed E-state index contributed by atoms with van der Waals surface area (Å²) in [6.07, 6.45) is 3.56. The van der Waals surface area contributed by atoms with E-state index in [1.54, 1.807) is 13.3 Å². The molecule has 132 valence electrons. The van der Waals surface area contributed by atoms with Crippen LogP contribution < -0.4 is 4.74 Å². The molecule has 0 unspecified atom stereocenters. The van der Waals surface area contributed by atoms with E-state index in [9.17, 15) is 0 Å². The molecule has 3 heterocycles. The van der Waals surface area contributed by atoms with Crippen LogP contribution in [-0.2, 0) is 6.54 Å². The maximum Gasteiger partial charge on any atom is 0.118 e. The van der Waals surface area contributed by atoms with E-state index < -0.39 is 0 Å². The Balaban J connectivity index is 1.49. The van der Waals surface area contributed by atoms with Crippen LogP contribution in [0.5, 0.6) is 5.75 Å². The van der Waals surface area contributed by atoms with Crippen molar-refractivity contribution in [3.8, 4) is 5.75 Å². The van der Waals surface area contributed by atoms with Crippen LogP contribution in [-0.4, -0.2) is 48.6 Å². The lowest BCUT2D eigenvalue weighted by molar-refractivity contribution is 0.224. The van der Waals surface area contributed by atoms with Gasteiger partial charge in [-0.25, -0.2) is 0 Å². The van der Waals surface area contributed by atoms with Crippen LogP contribution in [0.15, 0.2) is 42.7 Å². The second-order valence-corrected chi connectivity index (χ2v) is 7.65. The number of hydrogen-bond donors (Lipinski definition) is 0.